The molecule has 164 valence electrons. The molecule has 29 heavy (non-hydrogen) atoms. The van der Waals surface area contributed by atoms with Crippen LogP contribution in [0.15, 0.2) is 24.3 Å². The van der Waals surface area contributed by atoms with E-state index >= 15 is 0 Å². The van der Waals surface area contributed by atoms with Crippen molar-refractivity contribution in [3.8, 4) is 5.75 Å². The molecule has 3 aliphatic rings. The number of benzene rings is 1. The van der Waals surface area contributed by atoms with Gasteiger partial charge in [0.1, 0.15) is 5.75 Å². The monoisotopic (exact) mass is 398 g/mol. The molecule has 1 N–H and O–H groups in total. The highest BCUT2D eigenvalue weighted by molar-refractivity contribution is 5.49. The van der Waals surface area contributed by atoms with Crippen LogP contribution >= 0.6 is 0 Å². The lowest BCUT2D eigenvalue weighted by molar-refractivity contribution is -0.0441. The van der Waals surface area contributed by atoms with Crippen molar-refractivity contribution in [2.75, 3.05) is 0 Å². The Bertz CT molecular complexity index is 686. The van der Waals surface area contributed by atoms with E-state index in [1.54, 1.807) is 0 Å². The van der Waals surface area contributed by atoms with Crippen molar-refractivity contribution in [2.24, 2.45) is 17.3 Å². The second kappa shape index (κ2) is 9.27. The Hall–Kier alpha value is -1.24. The third-order valence-corrected chi connectivity index (χ3v) is 7.98. The molecule has 3 aliphatic carbocycles. The van der Waals surface area contributed by atoms with Crippen LogP contribution < -0.4 is 0 Å². The molecule has 3 fully saturated rings. The molecule has 2 bridgehead atoms. The highest BCUT2D eigenvalue weighted by atomic mass is 16.3. The Balaban J connectivity index is 0.00000145. The van der Waals surface area contributed by atoms with Crippen LogP contribution in [0.4, 0.5) is 0 Å². The summed E-state index contributed by atoms with van der Waals surface area (Å²) in [5.41, 5.74) is 5.59. The van der Waals surface area contributed by atoms with Gasteiger partial charge in [-0.25, -0.2) is 0 Å². The van der Waals surface area contributed by atoms with E-state index in [4.69, 9.17) is 0 Å². The molecule has 0 spiro atoms. The minimum atomic E-state index is 0.117. The molecule has 0 aromatic heterocycles. The Labute approximate surface area is 181 Å². The van der Waals surface area contributed by atoms with Gasteiger partial charge in [0.2, 0.25) is 0 Å². The molecule has 0 aliphatic heterocycles. The van der Waals surface area contributed by atoms with Crippen molar-refractivity contribution in [3.63, 3.8) is 0 Å². The lowest BCUT2D eigenvalue weighted by Gasteiger charge is -2.61. The molecule has 0 saturated heterocycles. The summed E-state index contributed by atoms with van der Waals surface area (Å²) in [5.74, 6) is 2.30. The summed E-state index contributed by atoms with van der Waals surface area (Å²) in [7, 11) is 0. The van der Waals surface area contributed by atoms with Crippen LogP contribution in [0.25, 0.3) is 0 Å². The molecule has 3 atom stereocenters. The third kappa shape index (κ3) is 4.59. The molecular formula is C28H46O. The molecule has 1 nitrogen and oxygen atoms in total. The summed E-state index contributed by atoms with van der Waals surface area (Å²) in [4.78, 5) is 0. The van der Waals surface area contributed by atoms with Crippen LogP contribution in [-0.2, 0) is 5.41 Å². The van der Waals surface area contributed by atoms with Gasteiger partial charge in [-0.05, 0) is 72.0 Å². The molecule has 1 aromatic carbocycles. The number of phenols is 1. The fourth-order valence-electron chi connectivity index (χ4n) is 6.00. The predicted octanol–water partition coefficient (Wildman–Crippen LogP) is 8.68. The first-order valence-corrected chi connectivity index (χ1v) is 12.1. The number of hydrogen-bond donors (Lipinski definition) is 1. The first-order chi connectivity index (χ1) is 13.6. The van der Waals surface area contributed by atoms with Gasteiger partial charge in [-0.2, -0.15) is 0 Å². The van der Waals surface area contributed by atoms with Crippen molar-refractivity contribution in [3.05, 3.63) is 41.0 Å². The van der Waals surface area contributed by atoms with Crippen LogP contribution in [0, 0.1) is 24.2 Å². The van der Waals surface area contributed by atoms with Gasteiger partial charge in [0, 0.05) is 5.56 Å². The van der Waals surface area contributed by atoms with Crippen molar-refractivity contribution in [1.29, 1.82) is 0 Å². The SMILES string of the molecule is C=C1C[C@H](c2c(C)cc(C(C)(C)CCCCCC)cc2O)C2CC1C2(C)C.CC. The van der Waals surface area contributed by atoms with Crippen LogP contribution in [0.5, 0.6) is 5.75 Å². The average molecular weight is 399 g/mol. The van der Waals surface area contributed by atoms with Gasteiger partial charge in [-0.15, -0.1) is 0 Å². The zero-order valence-electron chi connectivity index (χ0n) is 20.5. The standard InChI is InChI=1S/C26H40O.C2H6/c1-8-9-10-11-12-25(4,5)19-13-18(3)24(23(27)15-19)20-14-17(2)21-16-22(20)26(21,6)7;1-2/h13,15,20-22,27H,2,8-12,14,16H2,1,3-7H3;1-2H3/t20-,21?,22?;/m0./s1. The van der Waals surface area contributed by atoms with Crippen LogP contribution in [-0.4, -0.2) is 5.11 Å². The maximum Gasteiger partial charge on any atom is 0.119 e. The maximum absolute atomic E-state index is 11.1. The van der Waals surface area contributed by atoms with E-state index in [-0.39, 0.29) is 5.41 Å². The fraction of sp³-hybridized carbons (Fsp3) is 0.714. The first-order valence-electron chi connectivity index (χ1n) is 12.1. The Morgan fingerprint density at radius 1 is 1.14 bits per heavy atom. The molecule has 4 rings (SSSR count). The highest BCUT2D eigenvalue weighted by Gasteiger charge is 2.56. The van der Waals surface area contributed by atoms with Crippen molar-refractivity contribution in [1.82, 2.24) is 0 Å². The van der Waals surface area contributed by atoms with Crippen molar-refractivity contribution >= 4 is 0 Å². The minimum absolute atomic E-state index is 0.117. The lowest BCUT2D eigenvalue weighted by atomic mass is 9.43. The summed E-state index contributed by atoms with van der Waals surface area (Å²) in [6, 6.07) is 4.43. The quantitative estimate of drug-likeness (QED) is 0.360. The summed E-state index contributed by atoms with van der Waals surface area (Å²) < 4.78 is 0. The summed E-state index contributed by atoms with van der Waals surface area (Å²) in [6.07, 6.45) is 8.66. The number of allylic oxidation sites excluding steroid dienone is 1. The minimum Gasteiger partial charge on any atom is -0.508 e. The highest BCUT2D eigenvalue weighted by Crippen LogP contribution is 2.66. The molecule has 1 heteroatoms. The second-order valence-electron chi connectivity index (χ2n) is 10.6. The number of aryl methyl sites for hydroxylation is 1. The number of hydrogen-bond acceptors (Lipinski definition) is 1. The molecule has 0 radical (unpaired) electrons. The van der Waals surface area contributed by atoms with Crippen LogP contribution in [0.2, 0.25) is 0 Å². The summed E-state index contributed by atoms with van der Waals surface area (Å²) >= 11 is 0. The molecular weight excluding hydrogens is 352 g/mol. The van der Waals surface area contributed by atoms with E-state index in [1.165, 1.54) is 60.8 Å². The predicted molar refractivity (Wildman–Crippen MR) is 128 cm³/mol. The van der Waals surface area contributed by atoms with E-state index in [0.29, 0.717) is 28.9 Å². The molecule has 0 amide bonds. The van der Waals surface area contributed by atoms with E-state index in [2.05, 4.69) is 60.3 Å². The lowest BCUT2D eigenvalue weighted by Crippen LogP contribution is -2.52. The van der Waals surface area contributed by atoms with Crippen molar-refractivity contribution < 1.29 is 5.11 Å². The van der Waals surface area contributed by atoms with Crippen LogP contribution in [0.1, 0.15) is 116 Å². The summed E-state index contributed by atoms with van der Waals surface area (Å²) in [5, 5.41) is 11.1. The van der Waals surface area contributed by atoms with Gasteiger partial charge < -0.3 is 5.11 Å². The average Bonchev–Trinajstić information content (AvgIpc) is 2.65. The van der Waals surface area contributed by atoms with E-state index in [9.17, 15) is 5.11 Å². The van der Waals surface area contributed by atoms with E-state index in [1.807, 2.05) is 13.8 Å². The van der Waals surface area contributed by atoms with Gasteiger partial charge in [-0.3, -0.25) is 0 Å². The van der Waals surface area contributed by atoms with Crippen LogP contribution in [0.3, 0.4) is 0 Å². The van der Waals surface area contributed by atoms with Gasteiger partial charge in [-0.1, -0.05) is 92.4 Å². The normalized spacial score (nSPS) is 25.1. The fourth-order valence-corrected chi connectivity index (χ4v) is 6.00. The van der Waals surface area contributed by atoms with E-state index in [0.717, 1.165) is 6.42 Å². The molecule has 1 aromatic rings. The molecule has 0 heterocycles. The number of fused-ring (bicyclic) bond motifs is 2. The topological polar surface area (TPSA) is 20.2 Å². The zero-order chi connectivity index (χ0) is 22.0. The third-order valence-electron chi connectivity index (χ3n) is 7.98. The number of phenolic OH excluding ortho intramolecular Hbond substituents is 1. The maximum atomic E-state index is 11.1. The smallest absolute Gasteiger partial charge is 0.119 e. The molecule has 2 unspecified atom stereocenters. The van der Waals surface area contributed by atoms with Gasteiger partial charge in [0.25, 0.3) is 0 Å². The van der Waals surface area contributed by atoms with Gasteiger partial charge >= 0.3 is 0 Å². The number of aromatic hydroxyl groups is 1. The Kier molecular flexibility index (Phi) is 7.68. The number of unbranched alkanes of at least 4 members (excludes halogenated alkanes) is 3. The summed E-state index contributed by atoms with van der Waals surface area (Å²) in [6.45, 7) is 22.3. The second-order valence-corrected chi connectivity index (χ2v) is 10.6. The molecule has 3 saturated carbocycles. The Morgan fingerprint density at radius 3 is 2.31 bits per heavy atom. The van der Waals surface area contributed by atoms with Gasteiger partial charge in [0.05, 0.1) is 0 Å². The van der Waals surface area contributed by atoms with Gasteiger partial charge in [0.15, 0.2) is 0 Å². The van der Waals surface area contributed by atoms with E-state index < -0.39 is 0 Å². The number of rotatable bonds is 7. The largest absolute Gasteiger partial charge is 0.508 e. The Morgan fingerprint density at radius 2 is 1.79 bits per heavy atom. The zero-order valence-corrected chi connectivity index (χ0v) is 20.5. The first kappa shape index (κ1) is 24.0. The van der Waals surface area contributed by atoms with Crippen molar-refractivity contribution in [2.45, 2.75) is 112 Å².